The minimum Gasteiger partial charge on any atom is -0.350 e. The van der Waals surface area contributed by atoms with Gasteiger partial charge in [-0.2, -0.15) is 0 Å². The van der Waals surface area contributed by atoms with Gasteiger partial charge in [0.15, 0.2) is 5.82 Å². The van der Waals surface area contributed by atoms with E-state index in [2.05, 4.69) is 25.2 Å². The fourth-order valence-electron chi connectivity index (χ4n) is 3.07. The van der Waals surface area contributed by atoms with Crippen LogP contribution >= 0.6 is 11.3 Å². The Hall–Kier alpha value is -1.73. The molecule has 0 spiro atoms. The van der Waals surface area contributed by atoms with Gasteiger partial charge in [0.05, 0.1) is 5.01 Å². The van der Waals surface area contributed by atoms with Gasteiger partial charge >= 0.3 is 0 Å². The number of hydrogen-bond donors (Lipinski definition) is 2. The van der Waals surface area contributed by atoms with Crippen LogP contribution in [0.5, 0.6) is 0 Å². The van der Waals surface area contributed by atoms with Crippen molar-refractivity contribution in [2.24, 2.45) is 0 Å². The summed E-state index contributed by atoms with van der Waals surface area (Å²) in [6.45, 7) is 2.58. The van der Waals surface area contributed by atoms with Crippen LogP contribution in [0.25, 0.3) is 0 Å². The summed E-state index contributed by atoms with van der Waals surface area (Å²) >= 11 is 1.84. The Morgan fingerprint density at radius 2 is 2.26 bits per heavy atom. The fraction of sp³-hybridized carbons (Fsp3) is 0.562. The highest BCUT2D eigenvalue weighted by Crippen LogP contribution is 2.41. The first-order chi connectivity index (χ1) is 11.3. The minimum atomic E-state index is -0.107. The zero-order valence-electron chi connectivity index (χ0n) is 13.0. The van der Waals surface area contributed by atoms with Crippen LogP contribution in [0.1, 0.15) is 41.5 Å². The van der Waals surface area contributed by atoms with E-state index in [1.54, 1.807) is 12.4 Å². The van der Waals surface area contributed by atoms with Crippen molar-refractivity contribution in [3.8, 4) is 0 Å². The van der Waals surface area contributed by atoms with Crippen molar-refractivity contribution in [1.29, 1.82) is 0 Å². The van der Waals surface area contributed by atoms with Gasteiger partial charge in [0.25, 0.3) is 5.56 Å². The van der Waals surface area contributed by atoms with Crippen molar-refractivity contribution in [2.45, 2.75) is 44.2 Å². The zero-order valence-corrected chi connectivity index (χ0v) is 13.8. The largest absolute Gasteiger partial charge is 0.350 e. The first-order valence-corrected chi connectivity index (χ1v) is 9.08. The van der Waals surface area contributed by atoms with E-state index < -0.39 is 0 Å². The maximum Gasteiger partial charge on any atom is 0.290 e. The van der Waals surface area contributed by atoms with Gasteiger partial charge in [-0.1, -0.05) is 0 Å². The number of H-pyrrole nitrogens is 1. The molecule has 2 aliphatic rings. The van der Waals surface area contributed by atoms with Crippen LogP contribution in [-0.4, -0.2) is 34.1 Å². The molecule has 2 N–H and O–H groups in total. The summed E-state index contributed by atoms with van der Waals surface area (Å²) < 4.78 is 0. The Kier molecular flexibility index (Phi) is 4.13. The van der Waals surface area contributed by atoms with E-state index >= 15 is 0 Å². The summed E-state index contributed by atoms with van der Waals surface area (Å²) in [5, 5.41) is 4.92. The molecular formula is C16H21N5OS. The Morgan fingerprint density at radius 1 is 1.35 bits per heavy atom. The molecule has 7 heteroatoms. The number of nitrogens with zero attached hydrogens (tertiary/aromatic N) is 3. The second-order valence-electron chi connectivity index (χ2n) is 6.35. The first-order valence-electron chi connectivity index (χ1n) is 8.26. The molecule has 0 aromatic carbocycles. The maximum absolute atomic E-state index is 11.9. The van der Waals surface area contributed by atoms with Gasteiger partial charge in [0, 0.05) is 55.1 Å². The number of hydrogen-bond acceptors (Lipinski definition) is 6. The number of aromatic amines is 1. The fourth-order valence-corrected chi connectivity index (χ4v) is 4.11. The van der Waals surface area contributed by atoms with E-state index in [0.29, 0.717) is 11.9 Å². The predicted molar refractivity (Wildman–Crippen MR) is 91.0 cm³/mol. The highest BCUT2D eigenvalue weighted by molar-refractivity contribution is 7.11. The Labute approximate surface area is 139 Å². The average Bonchev–Trinajstić information content (AvgIpc) is 3.32. The van der Waals surface area contributed by atoms with Gasteiger partial charge < -0.3 is 15.2 Å². The standard InChI is InChI=1S/C16H21N5OS/c22-15-14(17-5-6-18-15)21-7-1-2-12(10-21)19-8-13-9-20-16(23-13)11-3-4-11/h5-6,9,11-12,19H,1-4,7-8,10H2,(H,18,22)/t12-/m1/s1. The maximum atomic E-state index is 11.9. The molecule has 23 heavy (non-hydrogen) atoms. The zero-order chi connectivity index (χ0) is 15.6. The van der Waals surface area contributed by atoms with Crippen molar-refractivity contribution in [3.63, 3.8) is 0 Å². The Balaban J connectivity index is 1.35. The average molecular weight is 331 g/mol. The van der Waals surface area contributed by atoms with Gasteiger partial charge in [-0.3, -0.25) is 4.79 Å². The third kappa shape index (κ3) is 3.45. The van der Waals surface area contributed by atoms with E-state index in [0.717, 1.165) is 38.4 Å². The minimum absolute atomic E-state index is 0.107. The molecule has 1 aliphatic carbocycles. The van der Waals surface area contributed by atoms with E-state index in [1.165, 1.54) is 22.7 Å². The first kappa shape index (κ1) is 14.8. The molecule has 1 aliphatic heterocycles. The van der Waals surface area contributed by atoms with Gasteiger partial charge in [-0.15, -0.1) is 11.3 Å². The quantitative estimate of drug-likeness (QED) is 0.875. The van der Waals surface area contributed by atoms with E-state index in [1.807, 2.05) is 17.5 Å². The molecule has 3 heterocycles. The molecule has 1 atom stereocenters. The molecule has 0 unspecified atom stereocenters. The monoisotopic (exact) mass is 331 g/mol. The summed E-state index contributed by atoms with van der Waals surface area (Å²) in [6.07, 6.45) is 10.0. The summed E-state index contributed by atoms with van der Waals surface area (Å²) in [7, 11) is 0. The predicted octanol–water partition coefficient (Wildman–Crippen LogP) is 1.86. The molecule has 1 saturated carbocycles. The van der Waals surface area contributed by atoms with Crippen LogP contribution in [0, 0.1) is 0 Å². The molecule has 4 rings (SSSR count). The van der Waals surface area contributed by atoms with Crippen LogP contribution in [0.3, 0.4) is 0 Å². The summed E-state index contributed by atoms with van der Waals surface area (Å²) in [5.74, 6) is 1.27. The highest BCUT2D eigenvalue weighted by Gasteiger charge is 2.27. The van der Waals surface area contributed by atoms with Crippen LogP contribution in [-0.2, 0) is 6.54 Å². The number of piperidine rings is 1. The molecule has 122 valence electrons. The van der Waals surface area contributed by atoms with Crippen LogP contribution < -0.4 is 15.8 Å². The summed E-state index contributed by atoms with van der Waals surface area (Å²) in [6, 6.07) is 0.386. The van der Waals surface area contributed by atoms with Crippen molar-refractivity contribution >= 4 is 17.2 Å². The molecule has 2 fully saturated rings. The second-order valence-corrected chi connectivity index (χ2v) is 7.49. The van der Waals surface area contributed by atoms with Crippen LogP contribution in [0.15, 0.2) is 23.4 Å². The molecule has 1 saturated heterocycles. The number of thiazole rings is 1. The number of anilines is 1. The lowest BCUT2D eigenvalue weighted by atomic mass is 10.1. The lowest BCUT2D eigenvalue weighted by Crippen LogP contribution is -2.47. The SMILES string of the molecule is O=c1[nH]ccnc1N1CCC[C@@H](NCc2cnc(C3CC3)s2)C1. The van der Waals surface area contributed by atoms with Crippen molar-refractivity contribution in [1.82, 2.24) is 20.3 Å². The van der Waals surface area contributed by atoms with Gasteiger partial charge in [-0.25, -0.2) is 9.97 Å². The van der Waals surface area contributed by atoms with Crippen LogP contribution in [0.4, 0.5) is 5.82 Å². The summed E-state index contributed by atoms with van der Waals surface area (Å²) in [5.41, 5.74) is -0.107. The van der Waals surface area contributed by atoms with E-state index in [9.17, 15) is 4.79 Å². The molecule has 6 nitrogen and oxygen atoms in total. The third-order valence-corrected chi connectivity index (χ3v) is 5.63. The summed E-state index contributed by atoms with van der Waals surface area (Å²) in [4.78, 5) is 26.7. The van der Waals surface area contributed by atoms with E-state index in [4.69, 9.17) is 0 Å². The topological polar surface area (TPSA) is 73.9 Å². The molecule has 0 amide bonds. The lowest BCUT2D eigenvalue weighted by molar-refractivity contribution is 0.420. The van der Waals surface area contributed by atoms with Crippen molar-refractivity contribution in [3.05, 3.63) is 38.8 Å². The van der Waals surface area contributed by atoms with Gasteiger partial charge in [0.2, 0.25) is 0 Å². The van der Waals surface area contributed by atoms with Crippen molar-refractivity contribution < 1.29 is 0 Å². The van der Waals surface area contributed by atoms with Crippen molar-refractivity contribution in [2.75, 3.05) is 18.0 Å². The number of nitrogens with one attached hydrogen (secondary N) is 2. The molecule has 2 aromatic rings. The number of rotatable bonds is 5. The Morgan fingerprint density at radius 3 is 3.09 bits per heavy atom. The molecular weight excluding hydrogens is 310 g/mol. The molecule has 0 bridgehead atoms. The molecule has 0 radical (unpaired) electrons. The molecule has 2 aromatic heterocycles. The highest BCUT2D eigenvalue weighted by atomic mass is 32.1. The Bertz CT molecular complexity index is 723. The van der Waals surface area contributed by atoms with Gasteiger partial charge in [0.1, 0.15) is 0 Å². The lowest BCUT2D eigenvalue weighted by Gasteiger charge is -2.33. The van der Waals surface area contributed by atoms with Crippen LogP contribution in [0.2, 0.25) is 0 Å². The number of aromatic nitrogens is 3. The smallest absolute Gasteiger partial charge is 0.290 e. The third-order valence-electron chi connectivity index (χ3n) is 4.47. The van der Waals surface area contributed by atoms with Gasteiger partial charge in [-0.05, 0) is 25.7 Å². The van der Waals surface area contributed by atoms with E-state index in [-0.39, 0.29) is 5.56 Å². The second kappa shape index (κ2) is 6.41. The normalized spacial score (nSPS) is 21.6.